The molecular formula is C22H27N5O5. The number of anilines is 2. The normalized spacial score (nSPS) is 24.1. The van der Waals surface area contributed by atoms with Crippen LogP contribution < -0.4 is 15.5 Å². The second-order valence-corrected chi connectivity index (χ2v) is 8.12. The Balaban J connectivity index is 1.37. The number of hydrogen-bond acceptors (Lipinski definition) is 8. The van der Waals surface area contributed by atoms with E-state index in [1.165, 1.54) is 0 Å². The number of carboxylic acids is 1. The van der Waals surface area contributed by atoms with Crippen LogP contribution in [0.1, 0.15) is 12.8 Å². The summed E-state index contributed by atoms with van der Waals surface area (Å²) in [7, 11) is 3.99. The molecule has 0 spiro atoms. The predicted molar refractivity (Wildman–Crippen MR) is 117 cm³/mol. The third-order valence-electron chi connectivity index (χ3n) is 5.62. The largest absolute Gasteiger partial charge is 0.481 e. The zero-order chi connectivity index (χ0) is 22.7. The van der Waals surface area contributed by atoms with Gasteiger partial charge in [0, 0.05) is 38.0 Å². The minimum Gasteiger partial charge on any atom is -0.481 e. The van der Waals surface area contributed by atoms with Gasteiger partial charge in [0.1, 0.15) is 12.2 Å². The first-order chi connectivity index (χ1) is 15.4. The van der Waals surface area contributed by atoms with E-state index in [0.29, 0.717) is 19.2 Å². The number of benzene rings is 1. The molecule has 3 heterocycles. The van der Waals surface area contributed by atoms with Gasteiger partial charge in [0.05, 0.1) is 37.4 Å². The third kappa shape index (κ3) is 4.97. The van der Waals surface area contributed by atoms with Crippen LogP contribution in [0.15, 0.2) is 36.5 Å². The molecule has 0 aliphatic carbocycles. The lowest BCUT2D eigenvalue weighted by Crippen LogP contribution is -2.44. The van der Waals surface area contributed by atoms with E-state index in [1.54, 1.807) is 6.20 Å². The van der Waals surface area contributed by atoms with Gasteiger partial charge in [0.25, 0.3) is 0 Å². The maximum Gasteiger partial charge on any atom is 0.303 e. The lowest BCUT2D eigenvalue weighted by atomic mass is 10.1. The van der Waals surface area contributed by atoms with Crippen LogP contribution in [0.3, 0.4) is 0 Å². The van der Waals surface area contributed by atoms with Crippen LogP contribution in [0.2, 0.25) is 0 Å². The molecule has 1 aromatic carbocycles. The predicted octanol–water partition coefficient (Wildman–Crippen LogP) is 1.14. The van der Waals surface area contributed by atoms with Crippen molar-refractivity contribution in [1.29, 1.82) is 0 Å². The molecule has 2 fully saturated rings. The van der Waals surface area contributed by atoms with Crippen molar-refractivity contribution in [2.75, 3.05) is 37.5 Å². The molecule has 32 heavy (non-hydrogen) atoms. The Labute approximate surface area is 185 Å². The van der Waals surface area contributed by atoms with Gasteiger partial charge in [-0.3, -0.25) is 9.59 Å². The number of fused-ring (bicyclic) bond motifs is 1. The number of carbonyl (C=O) groups excluding carboxylic acids is 1. The highest BCUT2D eigenvalue weighted by atomic mass is 16.6. The number of hydrogen-bond donors (Lipinski definition) is 3. The van der Waals surface area contributed by atoms with Gasteiger partial charge in [-0.2, -0.15) is 0 Å². The van der Waals surface area contributed by atoms with Crippen LogP contribution in [-0.4, -0.2) is 78.6 Å². The third-order valence-corrected chi connectivity index (χ3v) is 5.62. The zero-order valence-corrected chi connectivity index (χ0v) is 18.0. The fraction of sp³-hybridized carbons (Fsp3) is 0.455. The molecule has 1 aromatic heterocycles. The van der Waals surface area contributed by atoms with Crippen LogP contribution in [-0.2, 0) is 19.1 Å². The first-order valence-corrected chi connectivity index (χ1v) is 10.5. The molecule has 4 atom stereocenters. The molecule has 2 aliphatic rings. The number of nitrogens with zero attached hydrogens (tertiary/aromatic N) is 3. The van der Waals surface area contributed by atoms with Crippen LogP contribution in [0.5, 0.6) is 0 Å². The topological polar surface area (TPSA) is 126 Å². The first kappa shape index (κ1) is 22.0. The molecule has 10 heteroatoms. The van der Waals surface area contributed by atoms with E-state index in [0.717, 1.165) is 16.9 Å². The molecule has 3 N–H and O–H groups in total. The van der Waals surface area contributed by atoms with E-state index in [9.17, 15) is 9.59 Å². The SMILES string of the molecule is CN(C)c1ccc(-c2ccnc(NC3COC4C(NC(=O)CCC(=O)O)COC34)n2)cc1. The monoisotopic (exact) mass is 441 g/mol. The number of carbonyl (C=O) groups is 2. The Kier molecular flexibility index (Phi) is 6.52. The van der Waals surface area contributed by atoms with Crippen molar-refractivity contribution in [3.05, 3.63) is 36.5 Å². The number of ether oxygens (including phenoxy) is 2. The van der Waals surface area contributed by atoms with Crippen LogP contribution in [0.4, 0.5) is 11.6 Å². The summed E-state index contributed by atoms with van der Waals surface area (Å²) in [4.78, 5) is 33.6. The lowest BCUT2D eigenvalue weighted by molar-refractivity contribution is -0.139. The Bertz CT molecular complexity index is 967. The molecule has 0 radical (unpaired) electrons. The quantitative estimate of drug-likeness (QED) is 0.553. The van der Waals surface area contributed by atoms with Crippen molar-refractivity contribution in [2.24, 2.45) is 0 Å². The summed E-state index contributed by atoms with van der Waals surface area (Å²) >= 11 is 0. The minimum atomic E-state index is -1.00. The molecular weight excluding hydrogens is 414 g/mol. The molecule has 0 bridgehead atoms. The lowest BCUT2D eigenvalue weighted by Gasteiger charge is -2.18. The number of aromatic nitrogens is 2. The Hall–Kier alpha value is -3.24. The van der Waals surface area contributed by atoms with Crippen molar-refractivity contribution in [2.45, 2.75) is 37.1 Å². The van der Waals surface area contributed by atoms with Crippen LogP contribution in [0, 0.1) is 0 Å². The second-order valence-electron chi connectivity index (χ2n) is 8.12. The molecule has 0 saturated carbocycles. The van der Waals surface area contributed by atoms with Crippen molar-refractivity contribution in [3.63, 3.8) is 0 Å². The Morgan fingerprint density at radius 2 is 1.75 bits per heavy atom. The van der Waals surface area contributed by atoms with Gasteiger partial charge in [0.2, 0.25) is 11.9 Å². The molecule has 4 rings (SSSR count). The summed E-state index contributed by atoms with van der Waals surface area (Å²) in [6.07, 6.45) is 0.874. The number of aliphatic carboxylic acids is 1. The van der Waals surface area contributed by atoms with Gasteiger partial charge >= 0.3 is 5.97 Å². The fourth-order valence-corrected chi connectivity index (χ4v) is 3.93. The van der Waals surface area contributed by atoms with Gasteiger partial charge in [-0.1, -0.05) is 12.1 Å². The smallest absolute Gasteiger partial charge is 0.303 e. The van der Waals surface area contributed by atoms with Crippen molar-refractivity contribution < 1.29 is 24.2 Å². The Morgan fingerprint density at radius 3 is 2.44 bits per heavy atom. The molecule has 10 nitrogen and oxygen atoms in total. The Morgan fingerprint density at radius 1 is 1.06 bits per heavy atom. The fourth-order valence-electron chi connectivity index (χ4n) is 3.93. The summed E-state index contributed by atoms with van der Waals surface area (Å²) in [6, 6.07) is 9.51. The number of rotatable bonds is 8. The first-order valence-electron chi connectivity index (χ1n) is 10.5. The van der Waals surface area contributed by atoms with E-state index in [2.05, 4.69) is 20.6 Å². The molecule has 2 aromatic rings. The summed E-state index contributed by atoms with van der Waals surface area (Å²) in [5.74, 6) is -0.845. The van der Waals surface area contributed by atoms with Crippen molar-refractivity contribution in [3.8, 4) is 11.3 Å². The van der Waals surface area contributed by atoms with Gasteiger partial charge in [-0.25, -0.2) is 9.97 Å². The standard InChI is InChI=1S/C22H27N5O5/c1-27(2)14-5-3-13(4-6-14)15-9-10-23-22(25-15)26-17-12-32-20-16(11-31-21(17)20)24-18(28)7-8-19(29)30/h3-6,9-10,16-17,20-21H,7-8,11-12H2,1-2H3,(H,24,28)(H,29,30)(H,23,25,26). The summed E-state index contributed by atoms with van der Waals surface area (Å²) in [5, 5.41) is 14.8. The maximum absolute atomic E-state index is 12.0. The maximum atomic E-state index is 12.0. The summed E-state index contributed by atoms with van der Waals surface area (Å²) in [5.41, 5.74) is 2.90. The zero-order valence-electron chi connectivity index (χ0n) is 18.0. The number of nitrogens with one attached hydrogen (secondary N) is 2. The highest BCUT2D eigenvalue weighted by Crippen LogP contribution is 2.29. The summed E-state index contributed by atoms with van der Waals surface area (Å²) in [6.45, 7) is 0.702. The van der Waals surface area contributed by atoms with Gasteiger partial charge in [-0.05, 0) is 18.2 Å². The second kappa shape index (κ2) is 9.49. The van der Waals surface area contributed by atoms with Gasteiger partial charge in [0.15, 0.2) is 0 Å². The highest BCUT2D eigenvalue weighted by Gasteiger charge is 2.48. The van der Waals surface area contributed by atoms with Gasteiger partial charge in [-0.15, -0.1) is 0 Å². The van der Waals surface area contributed by atoms with Crippen molar-refractivity contribution in [1.82, 2.24) is 15.3 Å². The molecule has 2 saturated heterocycles. The molecule has 1 amide bonds. The molecule has 2 aliphatic heterocycles. The highest BCUT2D eigenvalue weighted by molar-refractivity contribution is 5.80. The van der Waals surface area contributed by atoms with E-state index < -0.39 is 5.97 Å². The molecule has 170 valence electrons. The number of amides is 1. The van der Waals surface area contributed by atoms with Crippen LogP contribution >= 0.6 is 0 Å². The van der Waals surface area contributed by atoms with E-state index >= 15 is 0 Å². The van der Waals surface area contributed by atoms with Gasteiger partial charge < -0.3 is 30.1 Å². The van der Waals surface area contributed by atoms with E-state index in [-0.39, 0.29) is 43.0 Å². The van der Waals surface area contributed by atoms with Crippen molar-refractivity contribution >= 4 is 23.5 Å². The van der Waals surface area contributed by atoms with Crippen LogP contribution in [0.25, 0.3) is 11.3 Å². The molecule has 4 unspecified atom stereocenters. The summed E-state index contributed by atoms with van der Waals surface area (Å²) < 4.78 is 11.7. The minimum absolute atomic E-state index is 0.0684. The number of carboxylic acid groups (broad SMARTS) is 1. The van der Waals surface area contributed by atoms with E-state index in [4.69, 9.17) is 14.6 Å². The average molecular weight is 441 g/mol. The van der Waals surface area contributed by atoms with E-state index in [1.807, 2.05) is 49.3 Å². The average Bonchev–Trinajstić information content (AvgIpc) is 3.36.